The van der Waals surface area contributed by atoms with Crippen molar-refractivity contribution in [1.82, 2.24) is 19.9 Å². The second kappa shape index (κ2) is 6.27. The number of hydrogen-bond acceptors (Lipinski definition) is 7. The summed E-state index contributed by atoms with van der Waals surface area (Å²) in [6.45, 7) is 3.95. The number of aryl methyl sites for hydroxylation is 2. The first-order valence-electron chi connectivity index (χ1n) is 7.12. The van der Waals surface area contributed by atoms with E-state index in [2.05, 4.69) is 30.6 Å². The van der Waals surface area contributed by atoms with Crippen LogP contribution in [0.5, 0.6) is 0 Å². The molecule has 0 aliphatic heterocycles. The highest BCUT2D eigenvalue weighted by atomic mass is 15.1. The number of pyridine rings is 2. The minimum absolute atomic E-state index is 0.404. The number of nitrogens with one attached hydrogen (secondary N) is 2. The Morgan fingerprint density at radius 2 is 1.65 bits per heavy atom. The number of nitrogens with zero attached hydrogens (tertiary/aromatic N) is 4. The van der Waals surface area contributed by atoms with Crippen LogP contribution in [-0.2, 0) is 0 Å². The molecule has 4 N–H and O–H groups in total. The third-order valence-corrected chi connectivity index (χ3v) is 3.29. The molecular formula is C16H17N7. The van der Waals surface area contributed by atoms with Gasteiger partial charge in [0.2, 0.25) is 0 Å². The van der Waals surface area contributed by atoms with Gasteiger partial charge in [0, 0.05) is 12.4 Å². The van der Waals surface area contributed by atoms with Crippen molar-refractivity contribution < 1.29 is 0 Å². The Morgan fingerprint density at radius 1 is 0.870 bits per heavy atom. The van der Waals surface area contributed by atoms with Crippen LogP contribution in [0.15, 0.2) is 43.0 Å². The van der Waals surface area contributed by atoms with Gasteiger partial charge in [-0.3, -0.25) is 0 Å². The first kappa shape index (κ1) is 14.7. The van der Waals surface area contributed by atoms with Crippen LogP contribution in [-0.4, -0.2) is 19.9 Å². The van der Waals surface area contributed by atoms with E-state index in [0.717, 1.165) is 11.1 Å². The fraction of sp³-hybridized carbons (Fsp3) is 0.125. The Bertz CT molecular complexity index is 832. The lowest BCUT2D eigenvalue weighted by Crippen LogP contribution is -2.07. The molecule has 3 aromatic rings. The predicted molar refractivity (Wildman–Crippen MR) is 91.0 cm³/mol. The summed E-state index contributed by atoms with van der Waals surface area (Å²) < 4.78 is 0. The van der Waals surface area contributed by atoms with Gasteiger partial charge in [-0.15, -0.1) is 0 Å². The molecule has 0 aliphatic carbocycles. The van der Waals surface area contributed by atoms with Gasteiger partial charge in [0.1, 0.15) is 23.7 Å². The molecule has 3 rings (SSSR count). The van der Waals surface area contributed by atoms with Crippen molar-refractivity contribution in [1.29, 1.82) is 0 Å². The van der Waals surface area contributed by atoms with Crippen molar-refractivity contribution >= 4 is 29.0 Å². The van der Waals surface area contributed by atoms with E-state index >= 15 is 0 Å². The van der Waals surface area contributed by atoms with Crippen LogP contribution < -0.4 is 16.4 Å². The maximum atomic E-state index is 6.16. The van der Waals surface area contributed by atoms with Gasteiger partial charge in [0.15, 0.2) is 11.6 Å². The zero-order valence-electron chi connectivity index (χ0n) is 12.9. The molecule has 0 fully saturated rings. The summed E-state index contributed by atoms with van der Waals surface area (Å²) >= 11 is 0. The van der Waals surface area contributed by atoms with E-state index in [4.69, 9.17) is 5.73 Å². The Kier molecular flexibility index (Phi) is 4.01. The second-order valence-electron chi connectivity index (χ2n) is 5.12. The van der Waals surface area contributed by atoms with Crippen LogP contribution in [0.2, 0.25) is 0 Å². The van der Waals surface area contributed by atoms with Gasteiger partial charge in [-0.05, 0) is 43.2 Å². The number of nitrogen functional groups attached to an aromatic ring is 1. The van der Waals surface area contributed by atoms with Gasteiger partial charge < -0.3 is 16.4 Å². The number of anilines is 5. The van der Waals surface area contributed by atoms with Gasteiger partial charge in [-0.2, -0.15) is 0 Å². The van der Waals surface area contributed by atoms with Gasteiger partial charge in [0.25, 0.3) is 0 Å². The number of rotatable bonds is 4. The molecule has 0 radical (unpaired) electrons. The van der Waals surface area contributed by atoms with Crippen LogP contribution in [0.4, 0.5) is 29.0 Å². The summed E-state index contributed by atoms with van der Waals surface area (Å²) in [5.74, 6) is 2.37. The van der Waals surface area contributed by atoms with Crippen molar-refractivity contribution in [3.8, 4) is 0 Å². The molecule has 23 heavy (non-hydrogen) atoms. The lowest BCUT2D eigenvalue weighted by atomic mass is 10.3. The summed E-state index contributed by atoms with van der Waals surface area (Å²) in [5.41, 5.74) is 8.66. The number of aromatic nitrogens is 4. The molecule has 0 atom stereocenters. The van der Waals surface area contributed by atoms with Crippen molar-refractivity contribution in [2.24, 2.45) is 0 Å². The molecule has 3 heterocycles. The van der Waals surface area contributed by atoms with Crippen LogP contribution >= 0.6 is 0 Å². The smallest absolute Gasteiger partial charge is 0.160 e. The van der Waals surface area contributed by atoms with Crippen LogP contribution in [0.1, 0.15) is 11.1 Å². The molecule has 0 spiro atoms. The standard InChI is InChI=1S/C16H17N7/c1-10-5-7-18-12(8-10)22-15-13(17)16(21-9-20-15)23-14-11(2)4-3-6-19-14/h3-9H,17H2,1-2H3,(H2,18,19,20,21,22,23). The third-order valence-electron chi connectivity index (χ3n) is 3.29. The Morgan fingerprint density at radius 3 is 2.39 bits per heavy atom. The van der Waals surface area contributed by atoms with Crippen molar-refractivity contribution in [2.75, 3.05) is 16.4 Å². The highest BCUT2D eigenvalue weighted by Crippen LogP contribution is 2.27. The third kappa shape index (κ3) is 3.34. The van der Waals surface area contributed by atoms with Crippen molar-refractivity contribution in [3.05, 3.63) is 54.1 Å². The second-order valence-corrected chi connectivity index (χ2v) is 5.12. The summed E-state index contributed by atoms with van der Waals surface area (Å²) in [5, 5.41) is 6.24. The lowest BCUT2D eigenvalue weighted by molar-refractivity contribution is 1.15. The predicted octanol–water partition coefficient (Wildman–Crippen LogP) is 2.95. The van der Waals surface area contributed by atoms with E-state index in [1.54, 1.807) is 12.4 Å². The van der Waals surface area contributed by atoms with Gasteiger partial charge in [-0.1, -0.05) is 6.07 Å². The Balaban J connectivity index is 1.88. The van der Waals surface area contributed by atoms with E-state index < -0.39 is 0 Å². The molecule has 116 valence electrons. The summed E-state index contributed by atoms with van der Waals surface area (Å²) in [7, 11) is 0. The molecule has 0 saturated carbocycles. The molecular weight excluding hydrogens is 290 g/mol. The minimum Gasteiger partial charge on any atom is -0.393 e. The average molecular weight is 307 g/mol. The van der Waals surface area contributed by atoms with E-state index in [0.29, 0.717) is 29.0 Å². The van der Waals surface area contributed by atoms with Crippen LogP contribution in [0.25, 0.3) is 0 Å². The zero-order valence-corrected chi connectivity index (χ0v) is 12.9. The fourth-order valence-electron chi connectivity index (χ4n) is 2.05. The van der Waals surface area contributed by atoms with E-state index in [9.17, 15) is 0 Å². The Labute approximate surface area is 134 Å². The van der Waals surface area contributed by atoms with Gasteiger partial charge in [-0.25, -0.2) is 19.9 Å². The van der Waals surface area contributed by atoms with Crippen molar-refractivity contribution in [2.45, 2.75) is 13.8 Å². The molecule has 7 heteroatoms. The first-order valence-corrected chi connectivity index (χ1v) is 7.12. The molecule has 0 unspecified atom stereocenters. The van der Waals surface area contributed by atoms with Crippen LogP contribution in [0.3, 0.4) is 0 Å². The zero-order chi connectivity index (χ0) is 16.2. The summed E-state index contributed by atoms with van der Waals surface area (Å²) in [4.78, 5) is 16.9. The minimum atomic E-state index is 0.404. The maximum Gasteiger partial charge on any atom is 0.160 e. The molecule has 0 aliphatic rings. The largest absolute Gasteiger partial charge is 0.393 e. The van der Waals surface area contributed by atoms with E-state index in [1.165, 1.54) is 6.33 Å². The van der Waals surface area contributed by atoms with E-state index in [-0.39, 0.29) is 0 Å². The normalized spacial score (nSPS) is 10.3. The highest BCUT2D eigenvalue weighted by Gasteiger charge is 2.10. The Hall–Kier alpha value is -3.22. The van der Waals surface area contributed by atoms with E-state index in [1.807, 2.05) is 38.1 Å². The first-order chi connectivity index (χ1) is 11.1. The SMILES string of the molecule is Cc1ccnc(Nc2ncnc(Nc3ncccc3C)c2N)c1. The fourth-order valence-corrected chi connectivity index (χ4v) is 2.05. The molecule has 0 amide bonds. The topological polar surface area (TPSA) is 102 Å². The quantitative estimate of drug-likeness (QED) is 0.681. The van der Waals surface area contributed by atoms with Crippen LogP contribution in [0, 0.1) is 13.8 Å². The number of hydrogen-bond donors (Lipinski definition) is 3. The lowest BCUT2D eigenvalue weighted by Gasteiger charge is -2.12. The monoisotopic (exact) mass is 307 g/mol. The highest BCUT2D eigenvalue weighted by molar-refractivity contribution is 5.79. The van der Waals surface area contributed by atoms with Gasteiger partial charge >= 0.3 is 0 Å². The number of nitrogens with two attached hydrogens (primary N) is 1. The molecule has 0 aromatic carbocycles. The molecule has 0 bridgehead atoms. The molecule has 3 aromatic heterocycles. The summed E-state index contributed by atoms with van der Waals surface area (Å²) in [6, 6.07) is 7.67. The molecule has 0 saturated heterocycles. The molecule has 7 nitrogen and oxygen atoms in total. The maximum absolute atomic E-state index is 6.16. The summed E-state index contributed by atoms with van der Waals surface area (Å²) in [6.07, 6.45) is 4.88. The van der Waals surface area contributed by atoms with Gasteiger partial charge in [0.05, 0.1) is 0 Å². The average Bonchev–Trinajstić information content (AvgIpc) is 2.53. The van der Waals surface area contributed by atoms with Crippen molar-refractivity contribution in [3.63, 3.8) is 0 Å².